The molecule has 0 atom stereocenters. The van der Waals surface area contributed by atoms with E-state index in [1.807, 2.05) is 37.2 Å². The van der Waals surface area contributed by atoms with Gasteiger partial charge < -0.3 is 4.74 Å². The molecule has 0 heterocycles. The molecular formula is C11H16N2OS2. The van der Waals surface area contributed by atoms with E-state index in [4.69, 9.17) is 15.9 Å². The number of hydrogen-bond donors (Lipinski definition) is 0. The van der Waals surface area contributed by atoms with Gasteiger partial charge in [0.2, 0.25) is 0 Å². The highest BCUT2D eigenvalue weighted by atomic mass is 32.8. The standard InChI is InChI=1S/C11H16N2OS2/c1-3-14-11-7-5-4-6-10(11)8-9-13(2)12-16-15/h4-7H,3,8-9H2,1-2H3. The summed E-state index contributed by atoms with van der Waals surface area (Å²) in [6, 6.07) is 8.09. The minimum atomic E-state index is 0.694. The van der Waals surface area contributed by atoms with Gasteiger partial charge in [0.05, 0.1) is 6.61 Å². The minimum Gasteiger partial charge on any atom is -0.494 e. The Hall–Kier alpha value is -0.780. The molecule has 0 radical (unpaired) electrons. The van der Waals surface area contributed by atoms with Crippen LogP contribution in [0.25, 0.3) is 0 Å². The molecule has 0 aliphatic heterocycles. The van der Waals surface area contributed by atoms with Crippen molar-refractivity contribution in [2.45, 2.75) is 13.3 Å². The van der Waals surface area contributed by atoms with Crippen molar-refractivity contribution < 1.29 is 4.74 Å². The van der Waals surface area contributed by atoms with E-state index in [1.165, 1.54) is 5.56 Å². The maximum Gasteiger partial charge on any atom is 0.122 e. The second-order valence-electron chi connectivity index (χ2n) is 3.33. The van der Waals surface area contributed by atoms with Crippen LogP contribution in [0.1, 0.15) is 12.5 Å². The van der Waals surface area contributed by atoms with Crippen molar-refractivity contribution in [2.24, 2.45) is 4.47 Å². The zero-order valence-corrected chi connectivity index (χ0v) is 11.2. The molecule has 1 rings (SSSR count). The van der Waals surface area contributed by atoms with E-state index >= 15 is 0 Å². The summed E-state index contributed by atoms with van der Waals surface area (Å²) >= 11 is 4.71. The van der Waals surface area contributed by atoms with Gasteiger partial charge in [0.25, 0.3) is 0 Å². The maximum atomic E-state index is 5.55. The molecule has 1 aromatic carbocycles. The lowest BCUT2D eigenvalue weighted by atomic mass is 10.1. The number of likely N-dealkylation sites (N-methyl/N-ethyl adjacent to an activating group) is 1. The van der Waals surface area contributed by atoms with Gasteiger partial charge >= 0.3 is 0 Å². The Morgan fingerprint density at radius 2 is 2.19 bits per heavy atom. The molecule has 0 amide bonds. The van der Waals surface area contributed by atoms with E-state index in [0.29, 0.717) is 6.61 Å². The molecule has 16 heavy (non-hydrogen) atoms. The fourth-order valence-electron chi connectivity index (χ4n) is 1.39. The Kier molecular flexibility index (Phi) is 6.22. The predicted molar refractivity (Wildman–Crippen MR) is 71.1 cm³/mol. The molecule has 3 nitrogen and oxygen atoms in total. The molecule has 0 unspecified atom stereocenters. The molecule has 0 saturated carbocycles. The lowest BCUT2D eigenvalue weighted by molar-refractivity contribution is 0.329. The molecule has 0 spiro atoms. The molecule has 0 aliphatic carbocycles. The van der Waals surface area contributed by atoms with Gasteiger partial charge in [-0.15, -0.1) is 4.47 Å². The van der Waals surface area contributed by atoms with Crippen LogP contribution in [0.5, 0.6) is 5.75 Å². The number of benzene rings is 1. The lowest BCUT2D eigenvalue weighted by Gasteiger charge is -2.12. The molecular weight excluding hydrogens is 240 g/mol. The van der Waals surface area contributed by atoms with Gasteiger partial charge in [-0.25, -0.2) is 0 Å². The Labute approximate surface area is 105 Å². The Balaban J connectivity index is 2.61. The summed E-state index contributed by atoms with van der Waals surface area (Å²) in [5.74, 6) is 0.962. The molecule has 0 fully saturated rings. The van der Waals surface area contributed by atoms with Gasteiger partial charge in [-0.2, -0.15) is 5.01 Å². The molecule has 0 N–H and O–H groups in total. The van der Waals surface area contributed by atoms with Crippen LogP contribution in [0, 0.1) is 0 Å². The minimum absolute atomic E-state index is 0.694. The van der Waals surface area contributed by atoms with Crippen molar-refractivity contribution in [2.75, 3.05) is 20.2 Å². The van der Waals surface area contributed by atoms with Crippen molar-refractivity contribution >= 4 is 21.3 Å². The summed E-state index contributed by atoms with van der Waals surface area (Å²) in [7, 11) is 2.98. The summed E-state index contributed by atoms with van der Waals surface area (Å²) in [5.41, 5.74) is 1.21. The molecule has 0 saturated heterocycles. The van der Waals surface area contributed by atoms with Crippen LogP contribution in [0.3, 0.4) is 0 Å². The second-order valence-corrected chi connectivity index (χ2v) is 4.09. The van der Waals surface area contributed by atoms with Gasteiger partial charge in [0.1, 0.15) is 5.75 Å². The highest BCUT2D eigenvalue weighted by Gasteiger charge is 2.03. The number of para-hydroxylation sites is 1. The van der Waals surface area contributed by atoms with E-state index in [-0.39, 0.29) is 0 Å². The third-order valence-electron chi connectivity index (χ3n) is 2.15. The van der Waals surface area contributed by atoms with Crippen molar-refractivity contribution in [3.8, 4) is 5.75 Å². The molecule has 5 heteroatoms. The number of hydrogen-bond acceptors (Lipinski definition) is 3. The summed E-state index contributed by atoms with van der Waals surface area (Å²) in [4.78, 5) is 0. The van der Waals surface area contributed by atoms with E-state index in [9.17, 15) is 0 Å². The summed E-state index contributed by atoms with van der Waals surface area (Å²) in [6.07, 6.45) is 0.909. The maximum absolute atomic E-state index is 5.55. The average Bonchev–Trinajstić information content (AvgIpc) is 2.29. The van der Waals surface area contributed by atoms with E-state index in [2.05, 4.69) is 10.5 Å². The largest absolute Gasteiger partial charge is 0.494 e. The average molecular weight is 256 g/mol. The van der Waals surface area contributed by atoms with Gasteiger partial charge in [-0.1, -0.05) is 18.2 Å². The van der Waals surface area contributed by atoms with Crippen LogP contribution in [0.15, 0.2) is 28.7 Å². The lowest BCUT2D eigenvalue weighted by Crippen LogP contribution is -2.14. The highest BCUT2D eigenvalue weighted by molar-refractivity contribution is 8.12. The molecule has 88 valence electrons. The molecule has 0 aliphatic rings. The van der Waals surface area contributed by atoms with Crippen molar-refractivity contribution in [1.29, 1.82) is 0 Å². The second kappa shape index (κ2) is 7.49. The Morgan fingerprint density at radius 3 is 2.88 bits per heavy atom. The summed E-state index contributed by atoms with van der Waals surface area (Å²) in [6.45, 7) is 3.53. The SMILES string of the molecule is CCOc1ccccc1CCN(C)N=S=S. The third-order valence-corrected chi connectivity index (χ3v) is 2.70. The monoisotopic (exact) mass is 256 g/mol. The van der Waals surface area contributed by atoms with Crippen molar-refractivity contribution in [1.82, 2.24) is 5.01 Å². The van der Waals surface area contributed by atoms with E-state index in [0.717, 1.165) is 28.8 Å². The van der Waals surface area contributed by atoms with Gasteiger partial charge in [-0.05, 0) is 25.0 Å². The quantitative estimate of drug-likeness (QED) is 0.730. The number of nitrogens with zero attached hydrogens (tertiary/aromatic N) is 2. The summed E-state index contributed by atoms with van der Waals surface area (Å²) in [5, 5.41) is 1.85. The first-order chi connectivity index (χ1) is 7.77. The predicted octanol–water partition coefficient (Wildman–Crippen LogP) is 2.20. The van der Waals surface area contributed by atoms with Crippen LogP contribution in [-0.4, -0.2) is 25.2 Å². The van der Waals surface area contributed by atoms with Crippen LogP contribution < -0.4 is 4.74 Å². The fourth-order valence-corrected chi connectivity index (χ4v) is 1.92. The number of ether oxygens (including phenoxy) is 1. The van der Waals surface area contributed by atoms with E-state index < -0.39 is 0 Å². The van der Waals surface area contributed by atoms with Crippen LogP contribution in [0.4, 0.5) is 0 Å². The molecule has 0 bridgehead atoms. The van der Waals surface area contributed by atoms with Gasteiger partial charge in [0, 0.05) is 34.9 Å². The first kappa shape index (κ1) is 13.3. The van der Waals surface area contributed by atoms with Crippen LogP contribution in [-0.2, 0) is 27.7 Å². The first-order valence-corrected chi connectivity index (χ1v) is 6.89. The first-order valence-electron chi connectivity index (χ1n) is 5.19. The smallest absolute Gasteiger partial charge is 0.122 e. The van der Waals surface area contributed by atoms with Crippen LogP contribution >= 0.6 is 0 Å². The van der Waals surface area contributed by atoms with Crippen molar-refractivity contribution in [3.63, 3.8) is 0 Å². The Bertz CT molecular complexity index is 378. The van der Waals surface area contributed by atoms with Crippen molar-refractivity contribution in [3.05, 3.63) is 29.8 Å². The highest BCUT2D eigenvalue weighted by Crippen LogP contribution is 2.18. The third kappa shape index (κ3) is 4.38. The fraction of sp³-hybridized carbons (Fsp3) is 0.455. The number of rotatable bonds is 6. The van der Waals surface area contributed by atoms with Crippen LogP contribution in [0.2, 0.25) is 0 Å². The summed E-state index contributed by atoms with van der Waals surface area (Å²) < 4.78 is 9.59. The molecule has 1 aromatic rings. The Morgan fingerprint density at radius 1 is 1.44 bits per heavy atom. The molecule has 0 aromatic heterocycles. The zero-order valence-electron chi connectivity index (χ0n) is 9.55. The van der Waals surface area contributed by atoms with Gasteiger partial charge in [-0.3, -0.25) is 0 Å². The van der Waals surface area contributed by atoms with E-state index in [1.54, 1.807) is 0 Å². The normalized spacial score (nSPS) is 10.2. The zero-order chi connectivity index (χ0) is 11.8. The topological polar surface area (TPSA) is 24.8 Å². The van der Waals surface area contributed by atoms with Gasteiger partial charge in [0.15, 0.2) is 0 Å².